The molecule has 6 heteroatoms. The van der Waals surface area contributed by atoms with E-state index in [1.807, 2.05) is 48.5 Å². The molecule has 1 aliphatic rings. The maximum Gasteiger partial charge on any atom is 0.374 e. The third kappa shape index (κ3) is 3.56. The molecule has 5 rings (SSSR count). The molecule has 0 saturated heterocycles. The molecule has 2 heterocycles. The van der Waals surface area contributed by atoms with Crippen LogP contribution in [0.4, 0.5) is 11.4 Å². The molecule has 6 nitrogen and oxygen atoms in total. The Morgan fingerprint density at radius 1 is 0.844 bits per heavy atom. The summed E-state index contributed by atoms with van der Waals surface area (Å²) in [5.41, 5.74) is 3.58. The molecule has 0 fully saturated rings. The first-order valence-electron chi connectivity index (χ1n) is 10.3. The minimum atomic E-state index is -0.863. The highest BCUT2D eigenvalue weighted by atomic mass is 16.5. The Morgan fingerprint density at radius 3 is 2.12 bits per heavy atom. The van der Waals surface area contributed by atoms with Gasteiger partial charge in [0.05, 0.1) is 16.8 Å². The normalized spacial score (nSPS) is 12.6. The van der Waals surface area contributed by atoms with Gasteiger partial charge in [0.25, 0.3) is 5.91 Å². The summed E-state index contributed by atoms with van der Waals surface area (Å²) in [5, 5.41) is 0.373. The van der Waals surface area contributed by atoms with Gasteiger partial charge in [0, 0.05) is 6.07 Å². The largest absolute Gasteiger partial charge is 0.450 e. The Morgan fingerprint density at radius 2 is 1.44 bits per heavy atom. The first-order valence-corrected chi connectivity index (χ1v) is 10.3. The van der Waals surface area contributed by atoms with Crippen LogP contribution in [0.5, 0.6) is 0 Å². The van der Waals surface area contributed by atoms with Crippen LogP contribution in [0.25, 0.3) is 11.0 Å². The second-order valence-electron chi connectivity index (χ2n) is 7.53. The number of carbonyl (C=O) groups is 2. The molecule has 0 aliphatic carbocycles. The molecule has 0 N–H and O–H groups in total. The number of benzene rings is 3. The lowest BCUT2D eigenvalue weighted by atomic mass is 10.0. The zero-order valence-electron chi connectivity index (χ0n) is 17.1. The van der Waals surface area contributed by atoms with Gasteiger partial charge < -0.3 is 9.15 Å². The number of esters is 1. The van der Waals surface area contributed by atoms with E-state index in [0.717, 1.165) is 41.4 Å². The van der Waals surface area contributed by atoms with Crippen LogP contribution < -0.4 is 10.3 Å². The van der Waals surface area contributed by atoms with Gasteiger partial charge in [0.2, 0.25) is 5.76 Å². The van der Waals surface area contributed by atoms with Crippen molar-refractivity contribution in [1.82, 2.24) is 0 Å². The Balaban J connectivity index is 1.42. The lowest BCUT2D eigenvalue weighted by Crippen LogP contribution is -2.31. The van der Waals surface area contributed by atoms with Crippen molar-refractivity contribution < 1.29 is 18.7 Å². The summed E-state index contributed by atoms with van der Waals surface area (Å²) in [5.74, 6) is -1.49. The Labute approximate surface area is 183 Å². The lowest BCUT2D eigenvalue weighted by Gasteiger charge is -2.24. The standard InChI is InChI=1S/C26H19NO5/c28-22-15-24(32-23-12-6-3-9-19(22)23)26(30)31-16-25(29)27-20-10-4-1-7-17(20)13-14-18-8-2-5-11-21(18)27/h1-12,15H,13-14,16H2. The molecule has 0 spiro atoms. The van der Waals surface area contributed by atoms with Crippen molar-refractivity contribution in [3.8, 4) is 0 Å². The minimum absolute atomic E-state index is 0.238. The van der Waals surface area contributed by atoms with Gasteiger partial charge in [-0.2, -0.15) is 0 Å². The van der Waals surface area contributed by atoms with E-state index in [2.05, 4.69) is 0 Å². The molecule has 4 aromatic rings. The van der Waals surface area contributed by atoms with Gasteiger partial charge in [0.15, 0.2) is 12.0 Å². The van der Waals surface area contributed by atoms with Crippen molar-refractivity contribution in [2.24, 2.45) is 0 Å². The highest BCUT2D eigenvalue weighted by Crippen LogP contribution is 2.36. The van der Waals surface area contributed by atoms with Crippen LogP contribution in [0.2, 0.25) is 0 Å². The average Bonchev–Trinajstić information content (AvgIpc) is 2.99. The molecule has 1 aliphatic heterocycles. The van der Waals surface area contributed by atoms with Crippen LogP contribution in [0, 0.1) is 0 Å². The quantitative estimate of drug-likeness (QED) is 0.455. The minimum Gasteiger partial charge on any atom is -0.450 e. The number of para-hydroxylation sites is 3. The number of anilines is 2. The lowest BCUT2D eigenvalue weighted by molar-refractivity contribution is -0.121. The number of hydrogen-bond acceptors (Lipinski definition) is 5. The van der Waals surface area contributed by atoms with Crippen LogP contribution in [0.3, 0.4) is 0 Å². The average molecular weight is 425 g/mol. The SMILES string of the molecule is O=C(OCC(=O)N1c2ccccc2CCc2ccccc21)c1cc(=O)c2ccccc2o1. The van der Waals surface area contributed by atoms with E-state index in [1.54, 1.807) is 29.2 Å². The van der Waals surface area contributed by atoms with Crippen molar-refractivity contribution in [2.45, 2.75) is 12.8 Å². The fourth-order valence-corrected chi connectivity index (χ4v) is 4.02. The van der Waals surface area contributed by atoms with Gasteiger partial charge in [0.1, 0.15) is 5.58 Å². The van der Waals surface area contributed by atoms with E-state index >= 15 is 0 Å². The molecular weight excluding hydrogens is 406 g/mol. The highest BCUT2D eigenvalue weighted by Gasteiger charge is 2.26. The monoisotopic (exact) mass is 425 g/mol. The van der Waals surface area contributed by atoms with E-state index in [-0.39, 0.29) is 22.7 Å². The number of amides is 1. The van der Waals surface area contributed by atoms with Crippen molar-refractivity contribution in [1.29, 1.82) is 0 Å². The second-order valence-corrected chi connectivity index (χ2v) is 7.53. The van der Waals surface area contributed by atoms with Crippen LogP contribution in [0.15, 0.2) is 88.1 Å². The van der Waals surface area contributed by atoms with E-state index in [9.17, 15) is 14.4 Å². The third-order valence-electron chi connectivity index (χ3n) is 5.54. The molecule has 0 unspecified atom stereocenters. The van der Waals surface area contributed by atoms with Gasteiger partial charge in [-0.25, -0.2) is 4.79 Å². The number of carbonyl (C=O) groups excluding carboxylic acids is 2. The summed E-state index contributed by atoms with van der Waals surface area (Å²) in [6, 6.07) is 23.1. The maximum atomic E-state index is 13.2. The predicted octanol–water partition coefficient (Wildman–Crippen LogP) is 4.41. The summed E-state index contributed by atoms with van der Waals surface area (Å²) in [6.07, 6.45) is 1.61. The van der Waals surface area contributed by atoms with E-state index in [0.29, 0.717) is 5.39 Å². The zero-order valence-corrected chi connectivity index (χ0v) is 17.1. The molecule has 0 atom stereocenters. The smallest absolute Gasteiger partial charge is 0.374 e. The van der Waals surface area contributed by atoms with E-state index in [4.69, 9.17) is 9.15 Å². The molecule has 158 valence electrons. The van der Waals surface area contributed by atoms with Gasteiger partial charge in [-0.1, -0.05) is 48.5 Å². The van der Waals surface area contributed by atoms with Gasteiger partial charge in [-0.05, 0) is 48.2 Å². The first-order chi connectivity index (χ1) is 15.6. The predicted molar refractivity (Wildman–Crippen MR) is 120 cm³/mol. The number of hydrogen-bond donors (Lipinski definition) is 0. The number of ether oxygens (including phenoxy) is 1. The number of nitrogens with zero attached hydrogens (tertiary/aromatic N) is 1. The van der Waals surface area contributed by atoms with Crippen molar-refractivity contribution >= 4 is 34.2 Å². The van der Waals surface area contributed by atoms with Crippen molar-refractivity contribution in [2.75, 3.05) is 11.5 Å². The molecule has 0 bridgehead atoms. The van der Waals surface area contributed by atoms with Crippen molar-refractivity contribution in [3.05, 3.63) is 106 Å². The van der Waals surface area contributed by atoms with Crippen LogP contribution in [-0.2, 0) is 22.4 Å². The van der Waals surface area contributed by atoms with Crippen LogP contribution in [-0.4, -0.2) is 18.5 Å². The summed E-state index contributed by atoms with van der Waals surface area (Å²) >= 11 is 0. The molecule has 0 radical (unpaired) electrons. The van der Waals surface area contributed by atoms with Crippen LogP contribution >= 0.6 is 0 Å². The molecule has 1 amide bonds. The third-order valence-corrected chi connectivity index (χ3v) is 5.54. The number of rotatable bonds is 3. The molecule has 0 saturated carbocycles. The summed E-state index contributed by atoms with van der Waals surface area (Å²) in [6.45, 7) is -0.488. The summed E-state index contributed by atoms with van der Waals surface area (Å²) in [7, 11) is 0. The molecule has 1 aromatic heterocycles. The number of aryl methyl sites for hydroxylation is 2. The van der Waals surface area contributed by atoms with E-state index < -0.39 is 12.6 Å². The maximum absolute atomic E-state index is 13.2. The van der Waals surface area contributed by atoms with Gasteiger partial charge in [-0.3, -0.25) is 14.5 Å². The van der Waals surface area contributed by atoms with Gasteiger partial charge in [-0.15, -0.1) is 0 Å². The second kappa shape index (κ2) is 8.15. The Kier molecular flexibility index (Phi) is 5.03. The van der Waals surface area contributed by atoms with Gasteiger partial charge >= 0.3 is 5.97 Å². The Bertz CT molecular complexity index is 1360. The zero-order chi connectivity index (χ0) is 22.1. The fourth-order valence-electron chi connectivity index (χ4n) is 4.02. The number of fused-ring (bicyclic) bond motifs is 3. The van der Waals surface area contributed by atoms with Crippen molar-refractivity contribution in [3.63, 3.8) is 0 Å². The Hall–Kier alpha value is -4.19. The molecule has 32 heavy (non-hydrogen) atoms. The molecular formula is C26H19NO5. The highest BCUT2D eigenvalue weighted by molar-refractivity contribution is 6.04. The molecule has 3 aromatic carbocycles. The van der Waals surface area contributed by atoms with E-state index in [1.165, 1.54) is 0 Å². The summed E-state index contributed by atoms with van der Waals surface area (Å²) in [4.78, 5) is 39.7. The fraction of sp³-hybridized carbons (Fsp3) is 0.115. The topological polar surface area (TPSA) is 76.8 Å². The van der Waals surface area contributed by atoms with Crippen LogP contribution in [0.1, 0.15) is 21.7 Å². The summed E-state index contributed by atoms with van der Waals surface area (Å²) < 4.78 is 10.8. The first kappa shape index (κ1) is 19.8.